The normalized spacial score (nSPS) is 10.8. The SMILES string of the molecule is CCCC(=O)Oc1cc(O)cc(/C=C/c2ccc(O)cc2)c1. The number of carbonyl (C=O) groups excluding carboxylic acids is 1. The molecule has 0 aromatic heterocycles. The molecule has 0 heterocycles. The summed E-state index contributed by atoms with van der Waals surface area (Å²) >= 11 is 0. The molecule has 2 rings (SSSR count). The Morgan fingerprint density at radius 1 is 1.00 bits per heavy atom. The summed E-state index contributed by atoms with van der Waals surface area (Å²) in [6, 6.07) is 11.4. The molecule has 2 N–H and O–H groups in total. The highest BCUT2D eigenvalue weighted by molar-refractivity contribution is 5.74. The van der Waals surface area contributed by atoms with Gasteiger partial charge in [-0.25, -0.2) is 0 Å². The largest absolute Gasteiger partial charge is 0.508 e. The second kappa shape index (κ2) is 7.31. The molecule has 0 amide bonds. The van der Waals surface area contributed by atoms with E-state index in [1.807, 2.05) is 13.0 Å². The lowest BCUT2D eigenvalue weighted by Crippen LogP contribution is -2.06. The molecule has 2 aromatic rings. The standard InChI is InChI=1S/C18H18O4/c1-2-3-18(21)22-17-11-14(10-16(20)12-17)5-4-13-6-8-15(19)9-7-13/h4-12,19-20H,2-3H2,1H3/b5-4+. The van der Waals surface area contributed by atoms with E-state index in [4.69, 9.17) is 4.74 Å². The van der Waals surface area contributed by atoms with Crippen LogP contribution in [0.1, 0.15) is 30.9 Å². The lowest BCUT2D eigenvalue weighted by atomic mass is 10.1. The molecule has 0 aliphatic heterocycles. The van der Waals surface area contributed by atoms with Gasteiger partial charge >= 0.3 is 5.97 Å². The minimum atomic E-state index is -0.318. The first-order chi connectivity index (χ1) is 10.6. The van der Waals surface area contributed by atoms with Crippen LogP contribution >= 0.6 is 0 Å². The summed E-state index contributed by atoms with van der Waals surface area (Å²) in [5, 5.41) is 18.9. The topological polar surface area (TPSA) is 66.8 Å². The molecular formula is C18H18O4. The number of hydrogen-bond acceptors (Lipinski definition) is 4. The van der Waals surface area contributed by atoms with Crippen molar-refractivity contribution in [3.8, 4) is 17.2 Å². The van der Waals surface area contributed by atoms with Crippen molar-refractivity contribution < 1.29 is 19.7 Å². The Morgan fingerprint density at radius 2 is 1.68 bits per heavy atom. The third kappa shape index (κ3) is 4.66. The molecule has 4 heteroatoms. The van der Waals surface area contributed by atoms with E-state index >= 15 is 0 Å². The Balaban J connectivity index is 2.15. The van der Waals surface area contributed by atoms with Gasteiger partial charge in [0.2, 0.25) is 0 Å². The predicted octanol–water partition coefficient (Wildman–Crippen LogP) is 3.97. The van der Waals surface area contributed by atoms with Crippen LogP contribution in [0.3, 0.4) is 0 Å². The second-order valence-electron chi connectivity index (χ2n) is 4.91. The van der Waals surface area contributed by atoms with Crippen molar-refractivity contribution >= 4 is 18.1 Å². The number of aromatic hydroxyl groups is 2. The van der Waals surface area contributed by atoms with Gasteiger partial charge in [0, 0.05) is 12.5 Å². The maximum atomic E-state index is 11.5. The number of esters is 1. The number of ether oxygens (including phenoxy) is 1. The zero-order chi connectivity index (χ0) is 15.9. The molecule has 0 saturated carbocycles. The summed E-state index contributed by atoms with van der Waals surface area (Å²) in [5.41, 5.74) is 1.62. The molecule has 0 atom stereocenters. The Labute approximate surface area is 129 Å². The van der Waals surface area contributed by atoms with Crippen LogP contribution in [0.4, 0.5) is 0 Å². The average Bonchev–Trinajstić information content (AvgIpc) is 2.46. The molecule has 0 unspecified atom stereocenters. The third-order valence-corrected chi connectivity index (χ3v) is 2.96. The van der Waals surface area contributed by atoms with Gasteiger partial charge in [-0.3, -0.25) is 4.79 Å². The maximum Gasteiger partial charge on any atom is 0.311 e. The van der Waals surface area contributed by atoms with E-state index in [2.05, 4.69) is 0 Å². The van der Waals surface area contributed by atoms with Crippen molar-refractivity contribution in [2.45, 2.75) is 19.8 Å². The van der Waals surface area contributed by atoms with Gasteiger partial charge in [0.25, 0.3) is 0 Å². The molecule has 4 nitrogen and oxygen atoms in total. The van der Waals surface area contributed by atoms with Crippen LogP contribution in [0.15, 0.2) is 42.5 Å². The Bertz CT molecular complexity index is 672. The summed E-state index contributed by atoms with van der Waals surface area (Å²) in [6.07, 6.45) is 4.69. The summed E-state index contributed by atoms with van der Waals surface area (Å²) in [4.78, 5) is 11.5. The van der Waals surface area contributed by atoms with Gasteiger partial charge in [0.05, 0.1) is 0 Å². The van der Waals surface area contributed by atoms with Crippen LogP contribution in [0, 0.1) is 0 Å². The highest BCUT2D eigenvalue weighted by atomic mass is 16.5. The van der Waals surface area contributed by atoms with Gasteiger partial charge in [0.1, 0.15) is 17.2 Å². The summed E-state index contributed by atoms with van der Waals surface area (Å²) in [7, 11) is 0. The zero-order valence-electron chi connectivity index (χ0n) is 12.3. The first kappa shape index (κ1) is 15.6. The maximum absolute atomic E-state index is 11.5. The van der Waals surface area contributed by atoms with Crippen molar-refractivity contribution in [3.63, 3.8) is 0 Å². The van der Waals surface area contributed by atoms with Gasteiger partial charge in [-0.05, 0) is 41.8 Å². The zero-order valence-corrected chi connectivity index (χ0v) is 12.3. The van der Waals surface area contributed by atoms with Crippen molar-refractivity contribution in [3.05, 3.63) is 53.6 Å². The number of phenols is 2. The summed E-state index contributed by atoms with van der Waals surface area (Å²) < 4.78 is 5.18. The van der Waals surface area contributed by atoms with E-state index in [9.17, 15) is 15.0 Å². The van der Waals surface area contributed by atoms with Crippen LogP contribution in [-0.2, 0) is 4.79 Å². The Morgan fingerprint density at radius 3 is 2.36 bits per heavy atom. The molecule has 0 bridgehead atoms. The van der Waals surface area contributed by atoms with E-state index in [0.29, 0.717) is 24.2 Å². The van der Waals surface area contributed by atoms with Gasteiger partial charge in [-0.15, -0.1) is 0 Å². The van der Waals surface area contributed by atoms with E-state index in [0.717, 1.165) is 5.56 Å². The fourth-order valence-corrected chi connectivity index (χ4v) is 1.93. The minimum absolute atomic E-state index is 0.0344. The van der Waals surface area contributed by atoms with Gasteiger partial charge in [-0.1, -0.05) is 31.2 Å². The fraction of sp³-hybridized carbons (Fsp3) is 0.167. The average molecular weight is 298 g/mol. The van der Waals surface area contributed by atoms with E-state index < -0.39 is 0 Å². The van der Waals surface area contributed by atoms with Crippen LogP contribution in [0.5, 0.6) is 17.2 Å². The number of carbonyl (C=O) groups is 1. The highest BCUT2D eigenvalue weighted by Crippen LogP contribution is 2.24. The lowest BCUT2D eigenvalue weighted by molar-refractivity contribution is -0.134. The van der Waals surface area contributed by atoms with Gasteiger partial charge in [0.15, 0.2) is 0 Å². The smallest absolute Gasteiger partial charge is 0.311 e. The molecular weight excluding hydrogens is 280 g/mol. The third-order valence-electron chi connectivity index (χ3n) is 2.96. The van der Waals surface area contributed by atoms with Crippen LogP contribution in [-0.4, -0.2) is 16.2 Å². The van der Waals surface area contributed by atoms with Crippen molar-refractivity contribution in [1.29, 1.82) is 0 Å². The summed E-state index contributed by atoms with van der Waals surface area (Å²) in [5.74, 6) is 0.247. The van der Waals surface area contributed by atoms with Gasteiger partial charge < -0.3 is 14.9 Å². The van der Waals surface area contributed by atoms with E-state index in [-0.39, 0.29) is 17.5 Å². The number of benzene rings is 2. The number of hydrogen-bond donors (Lipinski definition) is 2. The quantitative estimate of drug-likeness (QED) is 0.498. The minimum Gasteiger partial charge on any atom is -0.508 e. The molecule has 22 heavy (non-hydrogen) atoms. The van der Waals surface area contributed by atoms with Crippen molar-refractivity contribution in [2.75, 3.05) is 0 Å². The molecule has 0 aliphatic carbocycles. The number of phenolic OH excluding ortho intramolecular Hbond substituents is 2. The monoisotopic (exact) mass is 298 g/mol. The molecule has 0 saturated heterocycles. The van der Waals surface area contributed by atoms with Crippen LogP contribution in [0.25, 0.3) is 12.2 Å². The fourth-order valence-electron chi connectivity index (χ4n) is 1.93. The molecule has 0 fully saturated rings. The van der Waals surface area contributed by atoms with Crippen LogP contribution < -0.4 is 4.74 Å². The summed E-state index contributed by atoms with van der Waals surface area (Å²) in [6.45, 7) is 1.90. The first-order valence-electron chi connectivity index (χ1n) is 7.08. The van der Waals surface area contributed by atoms with E-state index in [1.165, 1.54) is 6.07 Å². The molecule has 0 aliphatic rings. The van der Waals surface area contributed by atoms with E-state index in [1.54, 1.807) is 42.5 Å². The van der Waals surface area contributed by atoms with Crippen LogP contribution in [0.2, 0.25) is 0 Å². The molecule has 0 spiro atoms. The number of rotatable bonds is 5. The lowest BCUT2D eigenvalue weighted by Gasteiger charge is -2.05. The van der Waals surface area contributed by atoms with Crippen molar-refractivity contribution in [1.82, 2.24) is 0 Å². The Hall–Kier alpha value is -2.75. The molecule has 0 radical (unpaired) electrons. The highest BCUT2D eigenvalue weighted by Gasteiger charge is 2.05. The van der Waals surface area contributed by atoms with Crippen molar-refractivity contribution in [2.24, 2.45) is 0 Å². The molecule has 114 valence electrons. The first-order valence-corrected chi connectivity index (χ1v) is 7.08. The van der Waals surface area contributed by atoms with Gasteiger partial charge in [-0.2, -0.15) is 0 Å². The second-order valence-corrected chi connectivity index (χ2v) is 4.91. The Kier molecular flexibility index (Phi) is 5.20. The predicted molar refractivity (Wildman–Crippen MR) is 85.7 cm³/mol. The molecule has 2 aromatic carbocycles.